The highest BCUT2D eigenvalue weighted by atomic mass is 19.1. The predicted octanol–water partition coefficient (Wildman–Crippen LogP) is 1.78. The number of rotatable bonds is 3. The Kier molecular flexibility index (Phi) is 3.81. The van der Waals surface area contributed by atoms with Crippen molar-refractivity contribution in [3.8, 4) is 0 Å². The first-order valence-corrected chi connectivity index (χ1v) is 7.86. The maximum Gasteiger partial charge on any atom is 0.240 e. The van der Waals surface area contributed by atoms with Gasteiger partial charge in [0.2, 0.25) is 5.89 Å². The van der Waals surface area contributed by atoms with Gasteiger partial charge in [-0.1, -0.05) is 11.2 Å². The number of piperazine rings is 1. The first-order valence-electron chi connectivity index (χ1n) is 7.86. The zero-order valence-corrected chi connectivity index (χ0v) is 13.3. The second-order valence-electron chi connectivity index (χ2n) is 5.83. The fraction of sp³-hybridized carbons (Fsp3) is 0.375. The molecule has 1 aliphatic heterocycles. The van der Waals surface area contributed by atoms with Gasteiger partial charge in [0.25, 0.3) is 0 Å². The van der Waals surface area contributed by atoms with E-state index in [1.54, 1.807) is 19.1 Å². The zero-order valence-electron chi connectivity index (χ0n) is 13.3. The van der Waals surface area contributed by atoms with Crippen molar-refractivity contribution in [2.45, 2.75) is 13.5 Å². The molecule has 124 valence electrons. The van der Waals surface area contributed by atoms with E-state index in [1.165, 1.54) is 12.4 Å². The van der Waals surface area contributed by atoms with Crippen LogP contribution in [0.1, 0.15) is 11.7 Å². The molecular formula is C16H17FN6O. The number of nitrogens with zero attached hydrogens (tertiary/aromatic N) is 6. The van der Waals surface area contributed by atoms with Crippen molar-refractivity contribution in [2.24, 2.45) is 0 Å². The SMILES string of the molecule is Cc1noc(CN2CCN(c3ncnc4cccc(F)c34)CC2)n1. The standard InChI is InChI=1S/C16H17FN6O/c1-11-20-14(24-21-11)9-22-5-7-23(8-6-22)16-15-12(17)3-2-4-13(15)18-10-19-16/h2-4,10H,5-9H2,1H3. The summed E-state index contributed by atoms with van der Waals surface area (Å²) in [6.07, 6.45) is 1.49. The third-order valence-electron chi connectivity index (χ3n) is 4.19. The highest BCUT2D eigenvalue weighted by Gasteiger charge is 2.22. The molecule has 3 heterocycles. The van der Waals surface area contributed by atoms with E-state index in [1.807, 2.05) is 0 Å². The summed E-state index contributed by atoms with van der Waals surface area (Å²) in [6.45, 7) is 5.59. The van der Waals surface area contributed by atoms with Gasteiger partial charge in [-0.05, 0) is 19.1 Å². The van der Waals surface area contributed by atoms with Crippen LogP contribution >= 0.6 is 0 Å². The van der Waals surface area contributed by atoms with Crippen molar-refractivity contribution >= 4 is 16.7 Å². The number of hydrogen-bond acceptors (Lipinski definition) is 7. The van der Waals surface area contributed by atoms with E-state index in [2.05, 4.69) is 29.9 Å². The molecule has 1 fully saturated rings. The Labute approximate surface area is 138 Å². The lowest BCUT2D eigenvalue weighted by Crippen LogP contribution is -2.46. The average molecular weight is 328 g/mol. The van der Waals surface area contributed by atoms with Gasteiger partial charge in [-0.15, -0.1) is 0 Å². The topological polar surface area (TPSA) is 71.2 Å². The van der Waals surface area contributed by atoms with Crippen LogP contribution in [0, 0.1) is 12.7 Å². The molecule has 1 saturated heterocycles. The molecule has 1 aliphatic rings. The minimum atomic E-state index is -0.285. The Morgan fingerprint density at radius 1 is 1.17 bits per heavy atom. The second kappa shape index (κ2) is 6.12. The summed E-state index contributed by atoms with van der Waals surface area (Å²) in [6, 6.07) is 4.92. The van der Waals surface area contributed by atoms with Crippen molar-refractivity contribution in [3.05, 3.63) is 42.1 Å². The van der Waals surface area contributed by atoms with Crippen molar-refractivity contribution in [1.29, 1.82) is 0 Å². The summed E-state index contributed by atoms with van der Waals surface area (Å²) in [4.78, 5) is 17.0. The molecule has 0 amide bonds. The van der Waals surface area contributed by atoms with E-state index in [-0.39, 0.29) is 5.82 Å². The number of benzene rings is 1. The molecule has 0 aliphatic carbocycles. The van der Waals surface area contributed by atoms with Crippen molar-refractivity contribution in [2.75, 3.05) is 31.1 Å². The fourth-order valence-corrected chi connectivity index (χ4v) is 3.01. The van der Waals surface area contributed by atoms with Crippen LogP contribution in [0.25, 0.3) is 10.9 Å². The van der Waals surface area contributed by atoms with Gasteiger partial charge in [-0.2, -0.15) is 4.98 Å². The summed E-state index contributed by atoms with van der Waals surface area (Å²) in [5.74, 6) is 1.64. The number of anilines is 1. The first-order chi connectivity index (χ1) is 11.7. The molecular weight excluding hydrogens is 311 g/mol. The molecule has 24 heavy (non-hydrogen) atoms. The van der Waals surface area contributed by atoms with E-state index in [0.717, 1.165) is 26.2 Å². The van der Waals surface area contributed by atoms with Crippen LogP contribution in [-0.2, 0) is 6.54 Å². The smallest absolute Gasteiger partial charge is 0.240 e. The molecule has 3 aromatic rings. The van der Waals surface area contributed by atoms with E-state index in [0.29, 0.717) is 35.0 Å². The second-order valence-corrected chi connectivity index (χ2v) is 5.83. The summed E-state index contributed by atoms with van der Waals surface area (Å²) >= 11 is 0. The highest BCUT2D eigenvalue weighted by molar-refractivity contribution is 5.89. The Bertz CT molecular complexity index is 853. The van der Waals surface area contributed by atoms with Gasteiger partial charge < -0.3 is 9.42 Å². The van der Waals surface area contributed by atoms with Gasteiger partial charge in [0.1, 0.15) is 18.0 Å². The summed E-state index contributed by atoms with van der Waals surface area (Å²) in [7, 11) is 0. The molecule has 0 saturated carbocycles. The average Bonchev–Trinajstić information content (AvgIpc) is 3.00. The van der Waals surface area contributed by atoms with Crippen LogP contribution in [-0.4, -0.2) is 51.2 Å². The Balaban J connectivity index is 1.50. The molecule has 0 spiro atoms. The van der Waals surface area contributed by atoms with Gasteiger partial charge in [-0.25, -0.2) is 14.4 Å². The number of hydrogen-bond donors (Lipinski definition) is 0. The minimum Gasteiger partial charge on any atom is -0.353 e. The molecule has 2 aromatic heterocycles. The molecule has 0 N–H and O–H groups in total. The Hall–Kier alpha value is -2.61. The number of aryl methyl sites for hydroxylation is 1. The van der Waals surface area contributed by atoms with E-state index in [4.69, 9.17) is 4.52 Å². The van der Waals surface area contributed by atoms with Crippen LogP contribution in [0.4, 0.5) is 10.2 Å². The maximum absolute atomic E-state index is 14.2. The zero-order chi connectivity index (χ0) is 16.5. The monoisotopic (exact) mass is 328 g/mol. The van der Waals surface area contributed by atoms with E-state index < -0.39 is 0 Å². The lowest BCUT2D eigenvalue weighted by atomic mass is 10.2. The molecule has 1 aromatic carbocycles. The third-order valence-corrected chi connectivity index (χ3v) is 4.19. The Morgan fingerprint density at radius 3 is 2.75 bits per heavy atom. The number of aromatic nitrogens is 4. The largest absolute Gasteiger partial charge is 0.353 e. The maximum atomic E-state index is 14.2. The van der Waals surface area contributed by atoms with Crippen LogP contribution in [0.5, 0.6) is 0 Å². The quantitative estimate of drug-likeness (QED) is 0.726. The molecule has 4 rings (SSSR count). The lowest BCUT2D eigenvalue weighted by Gasteiger charge is -2.35. The molecule has 0 radical (unpaired) electrons. The lowest BCUT2D eigenvalue weighted by molar-refractivity contribution is 0.215. The summed E-state index contributed by atoms with van der Waals surface area (Å²) in [5, 5.41) is 4.29. The minimum absolute atomic E-state index is 0.285. The summed E-state index contributed by atoms with van der Waals surface area (Å²) in [5.41, 5.74) is 0.628. The van der Waals surface area contributed by atoms with Gasteiger partial charge in [-0.3, -0.25) is 4.90 Å². The molecule has 0 unspecified atom stereocenters. The van der Waals surface area contributed by atoms with Gasteiger partial charge in [0.15, 0.2) is 5.82 Å². The van der Waals surface area contributed by atoms with Gasteiger partial charge in [0.05, 0.1) is 17.4 Å². The van der Waals surface area contributed by atoms with Crippen molar-refractivity contribution in [1.82, 2.24) is 25.0 Å². The van der Waals surface area contributed by atoms with Crippen LogP contribution in [0.15, 0.2) is 29.0 Å². The first kappa shape index (κ1) is 14.9. The van der Waals surface area contributed by atoms with Crippen LogP contribution in [0.2, 0.25) is 0 Å². The molecule has 0 atom stereocenters. The summed E-state index contributed by atoms with van der Waals surface area (Å²) < 4.78 is 19.4. The normalized spacial score (nSPS) is 16.0. The third kappa shape index (κ3) is 2.80. The fourth-order valence-electron chi connectivity index (χ4n) is 3.01. The van der Waals surface area contributed by atoms with E-state index in [9.17, 15) is 4.39 Å². The predicted molar refractivity (Wildman–Crippen MR) is 86.0 cm³/mol. The number of halogens is 1. The Morgan fingerprint density at radius 2 is 2.00 bits per heavy atom. The molecule has 7 nitrogen and oxygen atoms in total. The molecule has 0 bridgehead atoms. The van der Waals surface area contributed by atoms with Crippen LogP contribution in [0.3, 0.4) is 0 Å². The highest BCUT2D eigenvalue weighted by Crippen LogP contribution is 2.26. The van der Waals surface area contributed by atoms with E-state index >= 15 is 0 Å². The van der Waals surface area contributed by atoms with Gasteiger partial charge >= 0.3 is 0 Å². The van der Waals surface area contributed by atoms with Gasteiger partial charge in [0, 0.05) is 26.2 Å². The van der Waals surface area contributed by atoms with Crippen LogP contribution < -0.4 is 4.90 Å². The molecule has 8 heteroatoms. The van der Waals surface area contributed by atoms with Crippen molar-refractivity contribution in [3.63, 3.8) is 0 Å². The number of fused-ring (bicyclic) bond motifs is 1. The van der Waals surface area contributed by atoms with Crippen molar-refractivity contribution < 1.29 is 8.91 Å².